The molecule has 0 aliphatic heterocycles. The lowest BCUT2D eigenvalue weighted by Gasteiger charge is -2.34. The number of carbonyl (C=O) groups is 1. The Balaban J connectivity index is 2.73. The van der Waals surface area contributed by atoms with Gasteiger partial charge < -0.3 is 11.1 Å². The molecule has 1 rings (SSSR count). The van der Waals surface area contributed by atoms with Crippen molar-refractivity contribution in [3.63, 3.8) is 0 Å². The van der Waals surface area contributed by atoms with Crippen LogP contribution in [0.4, 0.5) is 5.69 Å². The second kappa shape index (κ2) is 7.00. The zero-order chi connectivity index (χ0) is 16.2. The Bertz CT molecular complexity index is 522. The lowest BCUT2D eigenvalue weighted by Crippen LogP contribution is -2.43. The maximum absolute atomic E-state index is 12.2. The molecule has 0 aliphatic carbocycles. The molecule has 1 atom stereocenters. The van der Waals surface area contributed by atoms with Crippen LogP contribution >= 0.6 is 12.2 Å². The number of hydrogen-bond donors (Lipinski definition) is 2. The molecule has 0 saturated carbocycles. The Morgan fingerprint density at radius 3 is 2.48 bits per heavy atom. The molecule has 0 saturated heterocycles. The summed E-state index contributed by atoms with van der Waals surface area (Å²) < 4.78 is 0. The van der Waals surface area contributed by atoms with Crippen molar-refractivity contribution in [2.45, 2.75) is 33.7 Å². The average Bonchev–Trinajstić information content (AvgIpc) is 2.36. The number of nitrogens with two attached hydrogens (primary N) is 1. The van der Waals surface area contributed by atoms with Crippen molar-refractivity contribution in [3.05, 3.63) is 29.8 Å². The molecule has 5 heteroatoms. The Kier molecular flexibility index (Phi) is 5.87. The predicted molar refractivity (Wildman–Crippen MR) is 92.5 cm³/mol. The largest absolute Gasteiger partial charge is 0.389 e. The molecule has 0 heterocycles. The van der Waals surface area contributed by atoms with Gasteiger partial charge in [-0.3, -0.25) is 9.69 Å². The zero-order valence-corrected chi connectivity index (χ0v) is 14.3. The lowest BCUT2D eigenvalue weighted by molar-refractivity contribution is -0.117. The molecule has 0 bridgehead atoms. The van der Waals surface area contributed by atoms with Crippen LogP contribution in [0.15, 0.2) is 24.3 Å². The van der Waals surface area contributed by atoms with E-state index in [-0.39, 0.29) is 22.4 Å². The minimum absolute atomic E-state index is 0.0719. The third-order valence-electron chi connectivity index (χ3n) is 3.77. The number of rotatable bonds is 5. The van der Waals surface area contributed by atoms with Gasteiger partial charge in [-0.25, -0.2) is 0 Å². The fourth-order valence-electron chi connectivity index (χ4n) is 2.02. The maximum Gasteiger partial charge on any atom is 0.238 e. The molecule has 0 spiro atoms. The minimum Gasteiger partial charge on any atom is -0.389 e. The highest BCUT2D eigenvalue weighted by molar-refractivity contribution is 7.80. The smallest absolute Gasteiger partial charge is 0.238 e. The normalized spacial score (nSPS) is 13.0. The molecule has 1 aromatic rings. The van der Waals surface area contributed by atoms with Gasteiger partial charge in [0.1, 0.15) is 4.99 Å². The molecule has 1 unspecified atom stereocenters. The first-order chi connectivity index (χ1) is 9.62. The summed E-state index contributed by atoms with van der Waals surface area (Å²) in [5, 5.41) is 2.88. The Hall–Kier alpha value is -1.46. The van der Waals surface area contributed by atoms with Gasteiger partial charge in [-0.1, -0.05) is 45.1 Å². The Morgan fingerprint density at radius 1 is 1.38 bits per heavy atom. The second-order valence-corrected chi connectivity index (χ2v) is 6.85. The number of nitrogens with zero attached hydrogens (tertiary/aromatic N) is 1. The molecule has 4 nitrogen and oxygen atoms in total. The highest BCUT2D eigenvalue weighted by Gasteiger charge is 2.25. The van der Waals surface area contributed by atoms with Crippen molar-refractivity contribution >= 4 is 28.8 Å². The average molecular weight is 307 g/mol. The SMILES string of the molecule is CC(N(C)CC(=O)Nc1ccccc1C(N)=S)C(C)(C)C. The number of anilines is 1. The van der Waals surface area contributed by atoms with Gasteiger partial charge in [-0.05, 0) is 31.5 Å². The number of thiocarbonyl (C=S) groups is 1. The van der Waals surface area contributed by atoms with Crippen molar-refractivity contribution in [2.75, 3.05) is 18.9 Å². The van der Waals surface area contributed by atoms with Gasteiger partial charge in [0, 0.05) is 11.6 Å². The topological polar surface area (TPSA) is 58.4 Å². The number of para-hydroxylation sites is 1. The van der Waals surface area contributed by atoms with E-state index in [2.05, 4.69) is 33.0 Å². The Labute approximate surface area is 132 Å². The molecule has 0 aliphatic rings. The van der Waals surface area contributed by atoms with Crippen molar-refractivity contribution < 1.29 is 4.79 Å². The van der Waals surface area contributed by atoms with E-state index in [1.54, 1.807) is 12.1 Å². The molecular formula is C16H25N3OS. The highest BCUT2D eigenvalue weighted by Crippen LogP contribution is 2.23. The van der Waals surface area contributed by atoms with Crippen LogP contribution in [0.1, 0.15) is 33.3 Å². The fraction of sp³-hybridized carbons (Fsp3) is 0.500. The summed E-state index contributed by atoms with van der Waals surface area (Å²) in [5.41, 5.74) is 7.13. The third kappa shape index (κ3) is 5.10. The first kappa shape index (κ1) is 17.6. The number of benzene rings is 1. The van der Waals surface area contributed by atoms with Crippen molar-refractivity contribution in [1.29, 1.82) is 0 Å². The van der Waals surface area contributed by atoms with Gasteiger partial charge in [-0.15, -0.1) is 0 Å². The van der Waals surface area contributed by atoms with Crippen LogP contribution in [0.3, 0.4) is 0 Å². The fourth-order valence-corrected chi connectivity index (χ4v) is 2.20. The molecular weight excluding hydrogens is 282 g/mol. The van der Waals surface area contributed by atoms with E-state index in [0.717, 1.165) is 0 Å². The summed E-state index contributed by atoms with van der Waals surface area (Å²) in [6.07, 6.45) is 0. The van der Waals surface area contributed by atoms with E-state index < -0.39 is 0 Å². The van der Waals surface area contributed by atoms with Crippen LogP contribution in [-0.2, 0) is 4.79 Å². The molecule has 3 N–H and O–H groups in total. The van der Waals surface area contributed by atoms with Crippen LogP contribution in [-0.4, -0.2) is 35.4 Å². The van der Waals surface area contributed by atoms with Crippen molar-refractivity contribution in [2.24, 2.45) is 11.1 Å². The minimum atomic E-state index is -0.0719. The van der Waals surface area contributed by atoms with Crippen LogP contribution in [0.5, 0.6) is 0 Å². The molecule has 0 aromatic heterocycles. The lowest BCUT2D eigenvalue weighted by atomic mass is 9.87. The van der Waals surface area contributed by atoms with Gasteiger partial charge in [-0.2, -0.15) is 0 Å². The molecule has 0 fully saturated rings. The summed E-state index contributed by atoms with van der Waals surface area (Å²) in [6.45, 7) is 8.93. The molecule has 0 radical (unpaired) electrons. The number of hydrogen-bond acceptors (Lipinski definition) is 3. The summed E-state index contributed by atoms with van der Waals surface area (Å²) in [5.74, 6) is -0.0719. The number of carbonyl (C=O) groups excluding carboxylic acids is 1. The quantitative estimate of drug-likeness (QED) is 0.821. The first-order valence-corrected chi connectivity index (χ1v) is 7.42. The van der Waals surface area contributed by atoms with E-state index in [1.165, 1.54) is 0 Å². The van der Waals surface area contributed by atoms with Crippen LogP contribution in [0.2, 0.25) is 0 Å². The van der Waals surface area contributed by atoms with Gasteiger partial charge >= 0.3 is 0 Å². The monoisotopic (exact) mass is 307 g/mol. The number of amides is 1. The number of likely N-dealkylation sites (N-methyl/N-ethyl adjacent to an activating group) is 1. The van der Waals surface area contributed by atoms with Gasteiger partial charge in [0.15, 0.2) is 0 Å². The zero-order valence-electron chi connectivity index (χ0n) is 13.4. The summed E-state index contributed by atoms with van der Waals surface area (Å²) in [4.78, 5) is 14.5. The first-order valence-electron chi connectivity index (χ1n) is 7.02. The van der Waals surface area contributed by atoms with Gasteiger partial charge in [0.25, 0.3) is 0 Å². The molecule has 1 amide bonds. The second-order valence-electron chi connectivity index (χ2n) is 6.42. The Morgan fingerprint density at radius 2 is 1.95 bits per heavy atom. The van der Waals surface area contributed by atoms with Crippen LogP contribution in [0.25, 0.3) is 0 Å². The standard InChI is InChI=1S/C16H25N3OS/c1-11(16(2,3)4)19(5)10-14(20)18-13-9-7-6-8-12(13)15(17)21/h6-9,11H,10H2,1-5H3,(H2,17,21)(H,18,20). The van der Waals surface area contributed by atoms with E-state index >= 15 is 0 Å². The summed E-state index contributed by atoms with van der Waals surface area (Å²) >= 11 is 5.00. The highest BCUT2D eigenvalue weighted by atomic mass is 32.1. The van der Waals surface area contributed by atoms with Crippen LogP contribution < -0.4 is 11.1 Å². The van der Waals surface area contributed by atoms with Crippen LogP contribution in [0, 0.1) is 5.41 Å². The van der Waals surface area contributed by atoms with E-state index in [9.17, 15) is 4.79 Å². The number of nitrogens with one attached hydrogen (secondary N) is 1. The molecule has 21 heavy (non-hydrogen) atoms. The molecule has 1 aromatic carbocycles. The van der Waals surface area contributed by atoms with Gasteiger partial charge in [0.2, 0.25) is 5.91 Å². The van der Waals surface area contributed by atoms with Crippen molar-refractivity contribution in [1.82, 2.24) is 4.90 Å². The van der Waals surface area contributed by atoms with E-state index in [1.807, 2.05) is 24.1 Å². The maximum atomic E-state index is 12.2. The van der Waals surface area contributed by atoms with Crippen molar-refractivity contribution in [3.8, 4) is 0 Å². The summed E-state index contributed by atoms with van der Waals surface area (Å²) in [6, 6.07) is 7.59. The molecule has 116 valence electrons. The third-order valence-corrected chi connectivity index (χ3v) is 3.99. The van der Waals surface area contributed by atoms with Gasteiger partial charge in [0.05, 0.1) is 12.2 Å². The van der Waals surface area contributed by atoms with E-state index in [4.69, 9.17) is 18.0 Å². The predicted octanol–water partition coefficient (Wildman–Crippen LogP) is 2.63. The summed E-state index contributed by atoms with van der Waals surface area (Å²) in [7, 11) is 1.95. The van der Waals surface area contributed by atoms with E-state index in [0.29, 0.717) is 17.8 Å².